The third-order valence-electron chi connectivity index (χ3n) is 4.93. The van der Waals surface area contributed by atoms with E-state index in [-0.39, 0.29) is 22.6 Å². The normalized spacial score (nSPS) is 16.3. The zero-order valence-corrected chi connectivity index (χ0v) is 17.0. The van der Waals surface area contributed by atoms with E-state index in [2.05, 4.69) is 16.1 Å². The highest BCUT2D eigenvalue weighted by atomic mass is 32.2. The van der Waals surface area contributed by atoms with Gasteiger partial charge in [0.1, 0.15) is 10.6 Å². The molecule has 3 rings (SSSR count). The Morgan fingerprint density at radius 2 is 2.00 bits per heavy atom. The molecule has 1 aliphatic carbocycles. The molecule has 0 bridgehead atoms. The first-order valence-corrected chi connectivity index (χ1v) is 11.0. The lowest BCUT2D eigenvalue weighted by molar-refractivity contribution is 0.0932. The van der Waals surface area contributed by atoms with Crippen LogP contribution in [-0.2, 0) is 16.4 Å². The van der Waals surface area contributed by atoms with Crippen LogP contribution >= 0.6 is 0 Å². The van der Waals surface area contributed by atoms with Crippen molar-refractivity contribution in [3.63, 3.8) is 0 Å². The molecule has 0 aromatic heterocycles. The molecule has 1 aliphatic rings. The molecule has 28 heavy (non-hydrogen) atoms. The van der Waals surface area contributed by atoms with Gasteiger partial charge in [-0.15, -0.1) is 0 Å². The number of rotatable bonds is 7. The minimum atomic E-state index is -3.76. The Labute approximate surface area is 166 Å². The van der Waals surface area contributed by atoms with Gasteiger partial charge in [0.2, 0.25) is 10.0 Å². The molecule has 1 atom stereocenters. The molecular weight excluding hydrogens is 376 g/mol. The highest BCUT2D eigenvalue weighted by Gasteiger charge is 2.24. The van der Waals surface area contributed by atoms with Crippen molar-refractivity contribution in [3.8, 4) is 5.75 Å². The molecule has 0 saturated heterocycles. The van der Waals surface area contributed by atoms with Crippen LogP contribution in [0.5, 0.6) is 5.75 Å². The van der Waals surface area contributed by atoms with Crippen LogP contribution in [0.3, 0.4) is 0 Å². The van der Waals surface area contributed by atoms with Crippen LogP contribution in [0.25, 0.3) is 0 Å². The Balaban J connectivity index is 1.86. The van der Waals surface area contributed by atoms with E-state index in [1.807, 2.05) is 25.1 Å². The van der Waals surface area contributed by atoms with Crippen molar-refractivity contribution < 1.29 is 17.9 Å². The van der Waals surface area contributed by atoms with Crippen molar-refractivity contribution in [1.82, 2.24) is 10.0 Å². The average Bonchev–Trinajstić information content (AvgIpc) is 2.72. The van der Waals surface area contributed by atoms with Crippen LogP contribution in [-0.4, -0.2) is 28.0 Å². The van der Waals surface area contributed by atoms with Crippen molar-refractivity contribution in [2.75, 3.05) is 13.7 Å². The summed E-state index contributed by atoms with van der Waals surface area (Å²) in [6, 6.07) is 12.5. The van der Waals surface area contributed by atoms with Gasteiger partial charge < -0.3 is 10.1 Å². The van der Waals surface area contributed by atoms with Crippen molar-refractivity contribution in [2.24, 2.45) is 0 Å². The first-order valence-electron chi connectivity index (χ1n) is 9.52. The minimum Gasteiger partial charge on any atom is -0.495 e. The van der Waals surface area contributed by atoms with E-state index >= 15 is 0 Å². The molecule has 0 fully saturated rings. The maximum atomic E-state index is 12.8. The summed E-state index contributed by atoms with van der Waals surface area (Å²) < 4.78 is 32.9. The molecule has 7 heteroatoms. The van der Waals surface area contributed by atoms with Gasteiger partial charge in [-0.25, -0.2) is 13.1 Å². The van der Waals surface area contributed by atoms with E-state index in [9.17, 15) is 13.2 Å². The van der Waals surface area contributed by atoms with Gasteiger partial charge in [-0.05, 0) is 55.0 Å². The number of methoxy groups -OCH3 is 1. The number of aryl methyl sites for hydroxylation is 1. The van der Waals surface area contributed by atoms with E-state index in [1.165, 1.54) is 24.8 Å². The van der Waals surface area contributed by atoms with Gasteiger partial charge in [-0.2, -0.15) is 0 Å². The number of benzene rings is 2. The molecule has 2 aromatic carbocycles. The summed E-state index contributed by atoms with van der Waals surface area (Å²) in [5, 5.41) is 3.06. The topological polar surface area (TPSA) is 84.5 Å². The zero-order chi connectivity index (χ0) is 20.1. The van der Waals surface area contributed by atoms with Crippen molar-refractivity contribution >= 4 is 15.9 Å². The Bertz CT molecular complexity index is 957. The summed E-state index contributed by atoms with van der Waals surface area (Å²) in [4.78, 5) is 12.8. The minimum absolute atomic E-state index is 0.0276. The largest absolute Gasteiger partial charge is 0.495 e. The fourth-order valence-electron chi connectivity index (χ4n) is 3.49. The second-order valence-electron chi connectivity index (χ2n) is 6.88. The third-order valence-corrected chi connectivity index (χ3v) is 6.41. The Morgan fingerprint density at radius 3 is 2.75 bits per heavy atom. The van der Waals surface area contributed by atoms with Gasteiger partial charge in [-0.1, -0.05) is 31.2 Å². The van der Waals surface area contributed by atoms with Crippen molar-refractivity contribution in [3.05, 3.63) is 59.2 Å². The van der Waals surface area contributed by atoms with E-state index in [0.717, 1.165) is 24.8 Å². The molecule has 1 amide bonds. The lowest BCUT2D eigenvalue weighted by atomic mass is 9.87. The van der Waals surface area contributed by atoms with E-state index in [4.69, 9.17) is 4.74 Å². The predicted molar refractivity (Wildman–Crippen MR) is 108 cm³/mol. The maximum absolute atomic E-state index is 12.8. The van der Waals surface area contributed by atoms with Gasteiger partial charge in [-0.3, -0.25) is 4.79 Å². The molecule has 0 saturated carbocycles. The smallest absolute Gasteiger partial charge is 0.251 e. The second-order valence-corrected chi connectivity index (χ2v) is 8.62. The fourth-order valence-corrected chi connectivity index (χ4v) is 4.81. The maximum Gasteiger partial charge on any atom is 0.251 e. The van der Waals surface area contributed by atoms with Crippen LogP contribution in [0, 0.1) is 0 Å². The Kier molecular flexibility index (Phi) is 6.36. The lowest BCUT2D eigenvalue weighted by Crippen LogP contribution is -2.31. The van der Waals surface area contributed by atoms with Crippen LogP contribution in [0.15, 0.2) is 47.4 Å². The third kappa shape index (κ3) is 4.36. The number of carbonyl (C=O) groups is 1. The fraction of sp³-hybridized carbons (Fsp3) is 0.381. The van der Waals surface area contributed by atoms with E-state index in [0.29, 0.717) is 18.5 Å². The van der Waals surface area contributed by atoms with Crippen LogP contribution in [0.2, 0.25) is 0 Å². The summed E-state index contributed by atoms with van der Waals surface area (Å²) >= 11 is 0. The Hall–Kier alpha value is -2.38. The molecule has 2 N–H and O–H groups in total. The summed E-state index contributed by atoms with van der Waals surface area (Å²) in [6.45, 7) is 2.20. The number of hydrogen-bond donors (Lipinski definition) is 2. The second kappa shape index (κ2) is 8.75. The van der Waals surface area contributed by atoms with Crippen molar-refractivity contribution in [1.29, 1.82) is 0 Å². The summed E-state index contributed by atoms with van der Waals surface area (Å²) in [6.07, 6.45) is 3.55. The lowest BCUT2D eigenvalue weighted by Gasteiger charge is -2.26. The molecule has 0 aliphatic heterocycles. The standard InChI is InChI=1S/C21H26N2O4S/c1-3-13-22-28(25,26)20-14-16(11-12-19(20)27-2)21(24)23-18-10-6-8-15-7-4-5-9-17(15)18/h4-5,7,9,11-12,14,18,22H,3,6,8,10,13H2,1-2H3,(H,23,24)/t18-/m0/s1. The molecule has 0 heterocycles. The number of fused-ring (bicyclic) bond motifs is 1. The molecule has 150 valence electrons. The Morgan fingerprint density at radius 1 is 1.21 bits per heavy atom. The molecular formula is C21H26N2O4S. The van der Waals surface area contributed by atoms with Gasteiger partial charge >= 0.3 is 0 Å². The summed E-state index contributed by atoms with van der Waals surface area (Å²) in [7, 11) is -2.35. The van der Waals surface area contributed by atoms with Crippen LogP contribution in [0.4, 0.5) is 0 Å². The van der Waals surface area contributed by atoms with Gasteiger partial charge in [0, 0.05) is 12.1 Å². The summed E-state index contributed by atoms with van der Waals surface area (Å²) in [5.74, 6) is -0.0838. The van der Waals surface area contributed by atoms with E-state index in [1.54, 1.807) is 6.07 Å². The van der Waals surface area contributed by atoms with Crippen molar-refractivity contribution in [2.45, 2.75) is 43.5 Å². The number of amides is 1. The molecule has 2 aromatic rings. The molecule has 0 unspecified atom stereocenters. The first kappa shape index (κ1) is 20.4. The monoisotopic (exact) mass is 402 g/mol. The molecule has 6 nitrogen and oxygen atoms in total. The van der Waals surface area contributed by atoms with Crippen LogP contribution in [0.1, 0.15) is 53.7 Å². The quantitative estimate of drug-likeness (QED) is 0.745. The molecule has 0 radical (unpaired) electrons. The number of sulfonamides is 1. The number of carbonyl (C=O) groups excluding carboxylic acids is 1. The highest BCUT2D eigenvalue weighted by Crippen LogP contribution is 2.30. The predicted octanol–water partition coefficient (Wildman–Crippen LogP) is 3.19. The number of hydrogen-bond acceptors (Lipinski definition) is 4. The number of nitrogens with one attached hydrogen (secondary N) is 2. The van der Waals surface area contributed by atoms with Crippen LogP contribution < -0.4 is 14.8 Å². The number of ether oxygens (including phenoxy) is 1. The SMILES string of the molecule is CCCNS(=O)(=O)c1cc(C(=O)N[C@H]2CCCc3ccccc32)ccc1OC. The highest BCUT2D eigenvalue weighted by molar-refractivity contribution is 7.89. The zero-order valence-electron chi connectivity index (χ0n) is 16.2. The van der Waals surface area contributed by atoms with Gasteiger partial charge in [0.05, 0.1) is 13.2 Å². The van der Waals surface area contributed by atoms with Gasteiger partial charge in [0.25, 0.3) is 5.91 Å². The first-order chi connectivity index (χ1) is 13.5. The van der Waals surface area contributed by atoms with E-state index < -0.39 is 10.0 Å². The molecule has 0 spiro atoms. The summed E-state index contributed by atoms with van der Waals surface area (Å²) in [5.41, 5.74) is 2.68. The van der Waals surface area contributed by atoms with Gasteiger partial charge in [0.15, 0.2) is 0 Å². The average molecular weight is 403 g/mol.